The van der Waals surface area contributed by atoms with Crippen LogP contribution in [0.5, 0.6) is 0 Å². The van der Waals surface area contributed by atoms with Crippen molar-refractivity contribution in [3.8, 4) is 0 Å². The van der Waals surface area contributed by atoms with Gasteiger partial charge in [0.05, 0.1) is 11.6 Å². The van der Waals surface area contributed by atoms with E-state index < -0.39 is 24.8 Å². The number of nitrogens with two attached hydrogens (primary N) is 1. The zero-order chi connectivity index (χ0) is 12.1. The summed E-state index contributed by atoms with van der Waals surface area (Å²) in [6.45, 7) is -0.516. The van der Waals surface area contributed by atoms with E-state index in [4.69, 9.17) is 17.3 Å². The van der Waals surface area contributed by atoms with Crippen molar-refractivity contribution >= 4 is 11.6 Å². The number of alkyl halides is 2. The maximum Gasteiger partial charge on any atom is 0.250 e. The summed E-state index contributed by atoms with van der Waals surface area (Å²) in [7, 11) is 0. The molecule has 0 aromatic heterocycles. The molecule has 1 aromatic carbocycles. The molecule has 0 aliphatic carbocycles. The molecule has 2 nitrogen and oxygen atoms in total. The van der Waals surface area contributed by atoms with E-state index in [9.17, 15) is 13.2 Å². The highest BCUT2D eigenvalue weighted by Crippen LogP contribution is 2.22. The molecular formula is C10H12ClF3N2. The zero-order valence-corrected chi connectivity index (χ0v) is 9.15. The van der Waals surface area contributed by atoms with Crippen molar-refractivity contribution < 1.29 is 13.2 Å². The van der Waals surface area contributed by atoms with Crippen molar-refractivity contribution in [2.24, 2.45) is 5.73 Å². The molecule has 1 rings (SSSR count). The molecule has 0 aliphatic rings. The van der Waals surface area contributed by atoms with Gasteiger partial charge in [-0.05, 0) is 6.07 Å². The highest BCUT2D eigenvalue weighted by molar-refractivity contribution is 6.30. The molecule has 0 saturated heterocycles. The van der Waals surface area contributed by atoms with E-state index in [-0.39, 0.29) is 17.1 Å². The minimum absolute atomic E-state index is 0.0178. The van der Waals surface area contributed by atoms with Gasteiger partial charge in [0.1, 0.15) is 5.82 Å². The Kier molecular flexibility index (Phi) is 5.05. The molecule has 6 heteroatoms. The van der Waals surface area contributed by atoms with Crippen LogP contribution in [0.15, 0.2) is 18.2 Å². The van der Waals surface area contributed by atoms with Crippen molar-refractivity contribution in [3.05, 3.63) is 34.6 Å². The highest BCUT2D eigenvalue weighted by Gasteiger charge is 2.17. The fraction of sp³-hybridized carbons (Fsp3) is 0.400. The van der Waals surface area contributed by atoms with Gasteiger partial charge in [-0.3, -0.25) is 0 Å². The second-order valence-electron chi connectivity index (χ2n) is 3.23. The largest absolute Gasteiger partial charge is 0.329 e. The van der Waals surface area contributed by atoms with Gasteiger partial charge in [-0.1, -0.05) is 23.7 Å². The summed E-state index contributed by atoms with van der Waals surface area (Å²) >= 11 is 5.59. The lowest BCUT2D eigenvalue weighted by molar-refractivity contribution is 0.141. The van der Waals surface area contributed by atoms with E-state index in [1.165, 1.54) is 12.1 Å². The Labute approximate surface area is 96.6 Å². The number of halogens is 4. The van der Waals surface area contributed by atoms with Crippen LogP contribution >= 0.6 is 11.6 Å². The van der Waals surface area contributed by atoms with Gasteiger partial charge in [-0.2, -0.15) is 0 Å². The van der Waals surface area contributed by atoms with Crippen molar-refractivity contribution in [3.63, 3.8) is 0 Å². The standard InChI is InChI=1S/C10H12ClF3N2/c11-7-3-1-2-6(10(7)14)8(4-15)16-5-9(12)13/h1-3,8-9,16H,4-5,15H2. The lowest BCUT2D eigenvalue weighted by atomic mass is 10.1. The smallest absolute Gasteiger partial charge is 0.250 e. The van der Waals surface area contributed by atoms with Crippen molar-refractivity contribution in [2.75, 3.05) is 13.1 Å². The van der Waals surface area contributed by atoms with Gasteiger partial charge in [-0.25, -0.2) is 13.2 Å². The molecule has 90 valence electrons. The SMILES string of the molecule is NCC(NCC(F)F)c1cccc(Cl)c1F. The average molecular weight is 253 g/mol. The second-order valence-corrected chi connectivity index (χ2v) is 3.64. The van der Waals surface area contributed by atoms with Crippen LogP contribution in [0.4, 0.5) is 13.2 Å². The first kappa shape index (κ1) is 13.3. The summed E-state index contributed by atoms with van der Waals surface area (Å²) in [5.41, 5.74) is 5.60. The molecule has 0 aliphatic heterocycles. The van der Waals surface area contributed by atoms with Crippen LogP contribution < -0.4 is 11.1 Å². The van der Waals surface area contributed by atoms with Crippen LogP contribution in [-0.2, 0) is 0 Å². The monoisotopic (exact) mass is 252 g/mol. The molecule has 0 spiro atoms. The van der Waals surface area contributed by atoms with Crippen molar-refractivity contribution in [2.45, 2.75) is 12.5 Å². The Morgan fingerprint density at radius 1 is 1.38 bits per heavy atom. The number of hydrogen-bond acceptors (Lipinski definition) is 2. The lowest BCUT2D eigenvalue weighted by Crippen LogP contribution is -2.32. The summed E-state index contributed by atoms with van der Waals surface area (Å²) in [5, 5.41) is 2.43. The van der Waals surface area contributed by atoms with Crippen molar-refractivity contribution in [1.82, 2.24) is 5.32 Å². The molecule has 0 bridgehead atoms. The fourth-order valence-electron chi connectivity index (χ4n) is 1.34. The predicted octanol–water partition coefficient (Wildman–Crippen LogP) is 2.33. The molecule has 1 atom stereocenters. The molecule has 0 saturated carbocycles. The Morgan fingerprint density at radius 3 is 2.62 bits per heavy atom. The second kappa shape index (κ2) is 6.08. The fourth-order valence-corrected chi connectivity index (χ4v) is 1.52. The molecule has 16 heavy (non-hydrogen) atoms. The summed E-state index contributed by atoms with van der Waals surface area (Å²) < 4.78 is 37.6. The van der Waals surface area contributed by atoms with Gasteiger partial charge in [0, 0.05) is 18.2 Å². The van der Waals surface area contributed by atoms with E-state index in [1.54, 1.807) is 6.07 Å². The van der Waals surface area contributed by atoms with E-state index in [0.717, 1.165) is 0 Å². The number of nitrogens with one attached hydrogen (secondary N) is 1. The van der Waals surface area contributed by atoms with Crippen LogP contribution in [0.25, 0.3) is 0 Å². The van der Waals surface area contributed by atoms with Gasteiger partial charge >= 0.3 is 0 Å². The van der Waals surface area contributed by atoms with E-state index >= 15 is 0 Å². The summed E-state index contributed by atoms with van der Waals surface area (Å²) in [6, 6.07) is 3.75. The molecule has 3 N–H and O–H groups in total. The van der Waals surface area contributed by atoms with Crippen LogP contribution in [0.2, 0.25) is 5.02 Å². The first-order valence-electron chi connectivity index (χ1n) is 4.71. The van der Waals surface area contributed by atoms with Crippen LogP contribution in [-0.4, -0.2) is 19.5 Å². The minimum Gasteiger partial charge on any atom is -0.329 e. The van der Waals surface area contributed by atoms with E-state index in [2.05, 4.69) is 5.32 Å². The summed E-state index contributed by atoms with van der Waals surface area (Å²) in [4.78, 5) is 0. The Bertz CT molecular complexity index is 347. The van der Waals surface area contributed by atoms with Crippen LogP contribution in [0.3, 0.4) is 0 Å². The molecule has 1 aromatic rings. The van der Waals surface area contributed by atoms with E-state index in [1.807, 2.05) is 0 Å². The maximum atomic E-state index is 13.5. The van der Waals surface area contributed by atoms with Gasteiger partial charge in [0.15, 0.2) is 0 Å². The molecule has 0 amide bonds. The minimum atomic E-state index is -2.50. The number of hydrogen-bond donors (Lipinski definition) is 2. The predicted molar refractivity (Wildman–Crippen MR) is 57.2 cm³/mol. The topological polar surface area (TPSA) is 38.0 Å². The van der Waals surface area contributed by atoms with Gasteiger partial charge < -0.3 is 11.1 Å². The van der Waals surface area contributed by atoms with Gasteiger partial charge in [0.25, 0.3) is 6.43 Å². The first-order valence-corrected chi connectivity index (χ1v) is 5.09. The molecule has 0 radical (unpaired) electrons. The Hall–Kier alpha value is -0.780. The normalized spacial score (nSPS) is 13.1. The quantitative estimate of drug-likeness (QED) is 0.844. The molecule has 0 fully saturated rings. The van der Waals surface area contributed by atoms with Crippen LogP contribution in [0.1, 0.15) is 11.6 Å². The lowest BCUT2D eigenvalue weighted by Gasteiger charge is -2.18. The third-order valence-electron chi connectivity index (χ3n) is 2.11. The molecule has 0 heterocycles. The third-order valence-corrected chi connectivity index (χ3v) is 2.40. The van der Waals surface area contributed by atoms with Crippen LogP contribution in [0, 0.1) is 5.82 Å². The zero-order valence-electron chi connectivity index (χ0n) is 8.39. The van der Waals surface area contributed by atoms with Crippen molar-refractivity contribution in [1.29, 1.82) is 0 Å². The molecule has 1 unspecified atom stereocenters. The Morgan fingerprint density at radius 2 is 2.06 bits per heavy atom. The highest BCUT2D eigenvalue weighted by atomic mass is 35.5. The molecular weight excluding hydrogens is 241 g/mol. The Balaban J connectivity index is 2.82. The summed E-state index contributed by atoms with van der Waals surface area (Å²) in [6.07, 6.45) is -2.50. The maximum absolute atomic E-state index is 13.5. The van der Waals surface area contributed by atoms with E-state index in [0.29, 0.717) is 0 Å². The summed E-state index contributed by atoms with van der Waals surface area (Å²) in [5.74, 6) is -0.624. The van der Waals surface area contributed by atoms with Gasteiger partial charge in [0.2, 0.25) is 0 Å². The average Bonchev–Trinajstić information content (AvgIpc) is 2.24. The third kappa shape index (κ3) is 3.37. The first-order chi connectivity index (χ1) is 7.56. The van der Waals surface area contributed by atoms with Gasteiger partial charge in [-0.15, -0.1) is 0 Å². The number of rotatable bonds is 5. The number of benzene rings is 1.